The van der Waals surface area contributed by atoms with Crippen molar-refractivity contribution >= 4 is 26.2 Å². The molecular weight excluding hydrogens is 443 g/mol. The largest absolute Gasteiger partial charge is 3.00 e. The minimum absolute atomic E-state index is 0. The van der Waals surface area contributed by atoms with E-state index < -0.39 is 15.3 Å². The maximum absolute atomic E-state index is 8.25. The fraction of sp³-hybridized carbons (Fsp3) is 0. The van der Waals surface area contributed by atoms with Gasteiger partial charge in [-0.25, -0.2) is 10.5 Å². The van der Waals surface area contributed by atoms with Crippen molar-refractivity contribution in [1.29, 1.82) is 0 Å². The average Bonchev–Trinajstić information content (AvgIpc) is 1.81. The van der Waals surface area contributed by atoms with Gasteiger partial charge in [0, 0.05) is 0 Å². The molecule has 0 amide bonds. The summed E-state index contributed by atoms with van der Waals surface area (Å²) in [4.78, 5) is 24.8. The third kappa shape index (κ3) is 596. The van der Waals surface area contributed by atoms with Gasteiger partial charge in [0.05, 0.1) is 15.3 Å². The molecule has 2 N–H and O–H groups in total. The van der Waals surface area contributed by atoms with Crippen molar-refractivity contribution in [3.05, 3.63) is 46.0 Å². The second kappa shape index (κ2) is 29.2. The Morgan fingerprint density at radius 2 is 0.688 bits per heavy atom. The zero-order chi connectivity index (χ0) is 13.4. The van der Waals surface area contributed by atoms with Crippen molar-refractivity contribution in [2.24, 2.45) is 0 Å². The van der Waals surface area contributed by atoms with Crippen LogP contribution in [0, 0.1) is 46.0 Å². The van der Waals surface area contributed by atoms with E-state index in [1.807, 2.05) is 0 Å². The van der Waals surface area contributed by atoms with Gasteiger partial charge in [0.1, 0.15) is 0 Å². The summed E-state index contributed by atoms with van der Waals surface area (Å²) in [7, 11) is 0. The van der Waals surface area contributed by atoms with Gasteiger partial charge in [0.2, 0.25) is 0 Å². The smallest absolute Gasteiger partial charge is 0.356 e. The van der Waals surface area contributed by atoms with Crippen LogP contribution in [0.3, 0.4) is 0 Å². The first-order chi connectivity index (χ1) is 6.61. The van der Waals surface area contributed by atoms with Crippen molar-refractivity contribution in [2.75, 3.05) is 0 Å². The second-order valence-electron chi connectivity index (χ2n) is 0.752. The minimum Gasteiger partial charge on any atom is -0.356 e. The first kappa shape index (κ1) is 29.3. The standard InChI is InChI=1S/Bi.3NO3.H2O3/c;3*2-1(3)4;1-3-2/h;;;;1-2H/q+3;3*-1;. The third-order valence-electron chi connectivity index (χ3n) is 0. The zero-order valence-corrected chi connectivity index (χ0v) is 10.2. The minimum atomic E-state index is -1.75. The molecule has 0 rings (SSSR count). The molecule has 15 nitrogen and oxygen atoms in total. The van der Waals surface area contributed by atoms with E-state index in [2.05, 4.69) is 5.04 Å². The monoisotopic (exact) mass is 445 g/mol. The molecule has 0 fully saturated rings. The van der Waals surface area contributed by atoms with Crippen LogP contribution in [0.2, 0.25) is 0 Å². The van der Waals surface area contributed by atoms with Crippen molar-refractivity contribution in [3.8, 4) is 0 Å². The Morgan fingerprint density at radius 3 is 0.688 bits per heavy atom. The van der Waals surface area contributed by atoms with E-state index >= 15 is 0 Å². The summed E-state index contributed by atoms with van der Waals surface area (Å²) in [5.74, 6) is 0. The van der Waals surface area contributed by atoms with Crippen molar-refractivity contribution in [2.45, 2.75) is 0 Å². The predicted octanol–water partition coefficient (Wildman–Crippen LogP) is -1.15. The molecule has 16 heteroatoms. The maximum Gasteiger partial charge on any atom is 3.00 e. The van der Waals surface area contributed by atoms with Crippen LogP contribution < -0.4 is 0 Å². The summed E-state index contributed by atoms with van der Waals surface area (Å²) < 4.78 is 0. The molecule has 0 aromatic carbocycles. The fourth-order valence-corrected chi connectivity index (χ4v) is 0. The predicted molar refractivity (Wildman–Crippen MR) is 43.2 cm³/mol. The maximum atomic E-state index is 8.25. The van der Waals surface area contributed by atoms with E-state index in [1.165, 1.54) is 0 Å². The van der Waals surface area contributed by atoms with Crippen molar-refractivity contribution in [3.63, 3.8) is 0 Å². The van der Waals surface area contributed by atoms with Crippen LogP contribution in [0.15, 0.2) is 0 Å². The molecular formula is H2BiN3O12. The van der Waals surface area contributed by atoms with E-state index in [0.717, 1.165) is 0 Å². The molecule has 0 saturated carbocycles. The van der Waals surface area contributed by atoms with E-state index in [0.29, 0.717) is 0 Å². The average molecular weight is 445 g/mol. The molecule has 0 heterocycles. The van der Waals surface area contributed by atoms with Crippen LogP contribution in [0.25, 0.3) is 0 Å². The van der Waals surface area contributed by atoms with E-state index in [-0.39, 0.29) is 26.2 Å². The Labute approximate surface area is 103 Å². The van der Waals surface area contributed by atoms with Gasteiger partial charge >= 0.3 is 26.2 Å². The molecule has 0 saturated heterocycles. The SMILES string of the molecule is O=[N+]([O-])[O-].O=[N+]([O-])[O-].O=[N+]([O-])[O-].OOO.[Bi+3]. The summed E-state index contributed by atoms with van der Waals surface area (Å²) in [6, 6.07) is 0. The van der Waals surface area contributed by atoms with Gasteiger partial charge in [0.15, 0.2) is 0 Å². The van der Waals surface area contributed by atoms with Crippen LogP contribution in [0.4, 0.5) is 0 Å². The van der Waals surface area contributed by atoms with Gasteiger partial charge in [-0.1, -0.05) is 5.04 Å². The van der Waals surface area contributed by atoms with Crippen molar-refractivity contribution in [1.82, 2.24) is 0 Å². The summed E-state index contributed by atoms with van der Waals surface area (Å²) in [6.07, 6.45) is 0. The van der Waals surface area contributed by atoms with E-state index in [4.69, 9.17) is 56.5 Å². The normalized spacial score (nSPS) is 5.62. The van der Waals surface area contributed by atoms with Crippen LogP contribution in [0.5, 0.6) is 0 Å². The molecule has 0 aromatic heterocycles. The van der Waals surface area contributed by atoms with Crippen LogP contribution in [-0.2, 0) is 5.04 Å². The Hall–Kier alpha value is -1.64. The van der Waals surface area contributed by atoms with Gasteiger partial charge in [-0.3, -0.25) is 0 Å². The number of hydrogen-bond donors (Lipinski definition) is 2. The Morgan fingerprint density at radius 1 is 0.688 bits per heavy atom. The molecule has 0 aliphatic heterocycles. The molecule has 0 spiro atoms. The molecule has 2 radical (unpaired) electrons. The molecule has 0 atom stereocenters. The van der Waals surface area contributed by atoms with Crippen LogP contribution >= 0.6 is 0 Å². The van der Waals surface area contributed by atoms with Gasteiger partial charge in [-0.05, 0) is 0 Å². The van der Waals surface area contributed by atoms with Crippen LogP contribution in [0.1, 0.15) is 0 Å². The Balaban J connectivity index is -0.0000000331. The molecule has 0 unspecified atom stereocenters. The fourth-order valence-electron chi connectivity index (χ4n) is 0. The molecule has 0 bridgehead atoms. The van der Waals surface area contributed by atoms with Gasteiger partial charge in [-0.15, -0.1) is 0 Å². The van der Waals surface area contributed by atoms with E-state index in [1.54, 1.807) is 0 Å². The first-order valence-corrected chi connectivity index (χ1v) is 2.01. The summed E-state index contributed by atoms with van der Waals surface area (Å²) in [6.45, 7) is 0. The van der Waals surface area contributed by atoms with Gasteiger partial charge in [-0.2, -0.15) is 0 Å². The summed E-state index contributed by atoms with van der Waals surface area (Å²) in [5.41, 5.74) is 0. The quantitative estimate of drug-likeness (QED) is 0.194. The summed E-state index contributed by atoms with van der Waals surface area (Å²) >= 11 is 0. The van der Waals surface area contributed by atoms with Gasteiger partial charge in [0.25, 0.3) is 0 Å². The van der Waals surface area contributed by atoms with Crippen molar-refractivity contribution < 1.29 is 30.8 Å². The molecule has 0 aliphatic carbocycles. The second-order valence-corrected chi connectivity index (χ2v) is 0.752. The Kier molecular flexibility index (Phi) is 53.4. The first-order valence-electron chi connectivity index (χ1n) is 2.01. The molecule has 0 aliphatic rings. The number of rotatable bonds is 0. The molecule has 94 valence electrons. The van der Waals surface area contributed by atoms with E-state index in [9.17, 15) is 0 Å². The molecule has 0 aromatic rings. The molecule has 16 heavy (non-hydrogen) atoms. The summed E-state index contributed by atoms with van der Waals surface area (Å²) in [5, 5.41) is 59.8. The number of hydrogen-bond acceptors (Lipinski definition) is 12. The van der Waals surface area contributed by atoms with Crippen LogP contribution in [-0.4, -0.2) is 52.0 Å². The zero-order valence-electron chi connectivity index (χ0n) is 6.77. The number of nitrogens with zero attached hydrogens (tertiary/aromatic N) is 3. The third-order valence-corrected chi connectivity index (χ3v) is 0. The Bertz CT molecular complexity index is 125. The topological polar surface area (TPSA) is 248 Å². The van der Waals surface area contributed by atoms with Gasteiger partial charge < -0.3 is 46.0 Å².